The number of benzene rings is 2. The molecule has 0 unspecified atom stereocenters. The molecule has 0 bridgehead atoms. The maximum Gasteiger partial charge on any atom is 0.416 e. The zero-order chi connectivity index (χ0) is 21.3. The Hall–Kier alpha value is -3.16. The number of amides is 1. The fraction of sp³-hybridized carbons (Fsp3) is 0.318. The van der Waals surface area contributed by atoms with E-state index in [9.17, 15) is 18.0 Å². The van der Waals surface area contributed by atoms with Crippen LogP contribution in [-0.4, -0.2) is 34.0 Å². The molecule has 0 radical (unpaired) electrons. The van der Waals surface area contributed by atoms with Gasteiger partial charge in [0.25, 0.3) is 5.91 Å². The number of likely N-dealkylation sites (tertiary alicyclic amines) is 1. The highest BCUT2D eigenvalue weighted by Crippen LogP contribution is 2.31. The third-order valence-corrected chi connectivity index (χ3v) is 5.32. The Labute approximate surface area is 171 Å². The van der Waals surface area contributed by atoms with Crippen molar-refractivity contribution >= 4 is 5.91 Å². The van der Waals surface area contributed by atoms with Gasteiger partial charge in [-0.2, -0.15) is 18.2 Å². The number of aromatic nitrogens is 2. The van der Waals surface area contributed by atoms with Crippen LogP contribution in [0.4, 0.5) is 13.2 Å². The lowest BCUT2D eigenvalue weighted by Gasteiger charge is -2.30. The van der Waals surface area contributed by atoms with Crippen molar-refractivity contribution in [3.8, 4) is 11.4 Å². The number of piperidine rings is 1. The molecule has 0 atom stereocenters. The molecule has 1 aliphatic rings. The minimum atomic E-state index is -4.48. The van der Waals surface area contributed by atoms with Gasteiger partial charge in [-0.25, -0.2) is 0 Å². The number of carbonyl (C=O) groups excluding carboxylic acids is 1. The van der Waals surface area contributed by atoms with Gasteiger partial charge in [0.1, 0.15) is 0 Å². The van der Waals surface area contributed by atoms with Gasteiger partial charge in [-0.05, 0) is 38.0 Å². The van der Waals surface area contributed by atoms with E-state index >= 15 is 0 Å². The molecule has 4 rings (SSSR count). The Kier molecular flexibility index (Phi) is 5.32. The lowest BCUT2D eigenvalue weighted by atomic mass is 9.96. The predicted octanol–water partition coefficient (Wildman–Crippen LogP) is 5.08. The second-order valence-corrected chi connectivity index (χ2v) is 7.47. The van der Waals surface area contributed by atoms with Gasteiger partial charge < -0.3 is 9.42 Å². The van der Waals surface area contributed by atoms with Crippen LogP contribution in [0, 0.1) is 6.92 Å². The van der Waals surface area contributed by atoms with Crippen LogP contribution in [0.15, 0.2) is 53.1 Å². The van der Waals surface area contributed by atoms with E-state index in [1.54, 1.807) is 4.90 Å². The summed E-state index contributed by atoms with van der Waals surface area (Å²) in [5.74, 6) is 0.664. The highest BCUT2D eigenvalue weighted by molar-refractivity contribution is 5.94. The van der Waals surface area contributed by atoms with E-state index in [2.05, 4.69) is 10.1 Å². The smallest absolute Gasteiger partial charge is 0.339 e. The first-order chi connectivity index (χ1) is 14.3. The Bertz CT molecular complexity index is 1040. The highest BCUT2D eigenvalue weighted by Gasteiger charge is 2.32. The molecule has 1 fully saturated rings. The molecule has 0 spiro atoms. The molecule has 5 nitrogen and oxygen atoms in total. The fourth-order valence-corrected chi connectivity index (χ4v) is 3.56. The summed E-state index contributed by atoms with van der Waals surface area (Å²) in [6.45, 7) is 2.84. The number of alkyl halides is 3. The number of nitrogens with zero attached hydrogens (tertiary/aromatic N) is 3. The monoisotopic (exact) mass is 415 g/mol. The number of hydrogen-bond acceptors (Lipinski definition) is 4. The fourth-order valence-electron chi connectivity index (χ4n) is 3.56. The van der Waals surface area contributed by atoms with Gasteiger partial charge in [-0.1, -0.05) is 41.1 Å². The normalized spacial score (nSPS) is 15.4. The number of rotatable bonds is 3. The summed E-state index contributed by atoms with van der Waals surface area (Å²) < 4.78 is 44.2. The SMILES string of the molecule is Cc1ccc(-c2noc(C3CCN(C(=O)c4cccc(C(F)(F)F)c4)CC3)n2)cc1. The van der Waals surface area contributed by atoms with Gasteiger partial charge >= 0.3 is 6.18 Å². The molecule has 0 aliphatic carbocycles. The second kappa shape index (κ2) is 7.93. The number of hydrogen-bond donors (Lipinski definition) is 0. The first-order valence-electron chi connectivity index (χ1n) is 9.68. The van der Waals surface area contributed by atoms with Crippen molar-refractivity contribution in [2.75, 3.05) is 13.1 Å². The van der Waals surface area contributed by atoms with Gasteiger partial charge in [0.15, 0.2) is 0 Å². The third-order valence-electron chi connectivity index (χ3n) is 5.32. The molecular formula is C22H20F3N3O2. The molecule has 0 saturated carbocycles. The molecule has 2 aromatic carbocycles. The van der Waals surface area contributed by atoms with E-state index in [-0.39, 0.29) is 11.5 Å². The molecular weight excluding hydrogens is 395 g/mol. The summed E-state index contributed by atoms with van der Waals surface area (Å²) in [6, 6.07) is 12.3. The van der Waals surface area contributed by atoms with Crippen molar-refractivity contribution in [3.05, 3.63) is 71.1 Å². The molecule has 1 aromatic heterocycles. The minimum Gasteiger partial charge on any atom is -0.339 e. The van der Waals surface area contributed by atoms with E-state index in [0.29, 0.717) is 37.6 Å². The molecule has 1 amide bonds. The maximum absolute atomic E-state index is 12.9. The largest absolute Gasteiger partial charge is 0.416 e. The van der Waals surface area contributed by atoms with E-state index in [4.69, 9.17) is 4.52 Å². The Morgan fingerprint density at radius 2 is 1.80 bits per heavy atom. The Morgan fingerprint density at radius 3 is 2.47 bits per heavy atom. The standard InChI is InChI=1S/C22H20F3N3O2/c1-14-5-7-15(8-6-14)19-26-20(30-27-19)16-9-11-28(12-10-16)21(29)17-3-2-4-18(13-17)22(23,24)25/h2-8,13,16H,9-12H2,1H3. The third kappa shape index (κ3) is 4.22. The zero-order valence-corrected chi connectivity index (χ0v) is 16.3. The molecule has 0 N–H and O–H groups in total. The van der Waals surface area contributed by atoms with Gasteiger partial charge in [-0.3, -0.25) is 4.79 Å². The van der Waals surface area contributed by atoms with Crippen molar-refractivity contribution < 1.29 is 22.5 Å². The lowest BCUT2D eigenvalue weighted by Crippen LogP contribution is -2.38. The average molecular weight is 415 g/mol. The van der Waals surface area contributed by atoms with E-state index in [0.717, 1.165) is 23.3 Å². The molecule has 1 saturated heterocycles. The second-order valence-electron chi connectivity index (χ2n) is 7.47. The summed E-state index contributed by atoms with van der Waals surface area (Å²) in [7, 11) is 0. The van der Waals surface area contributed by atoms with E-state index < -0.39 is 17.6 Å². The molecule has 30 heavy (non-hydrogen) atoms. The minimum absolute atomic E-state index is 0.0160. The maximum atomic E-state index is 12.9. The Balaban J connectivity index is 1.41. The van der Waals surface area contributed by atoms with Gasteiger partial charge in [0.2, 0.25) is 11.7 Å². The van der Waals surface area contributed by atoms with Crippen molar-refractivity contribution in [3.63, 3.8) is 0 Å². The predicted molar refractivity (Wildman–Crippen MR) is 104 cm³/mol. The quantitative estimate of drug-likeness (QED) is 0.598. The molecule has 156 valence electrons. The lowest BCUT2D eigenvalue weighted by molar-refractivity contribution is -0.137. The van der Waals surface area contributed by atoms with Crippen molar-refractivity contribution in [1.82, 2.24) is 15.0 Å². The van der Waals surface area contributed by atoms with Crippen molar-refractivity contribution in [2.45, 2.75) is 31.9 Å². The molecule has 1 aliphatic heterocycles. The van der Waals surface area contributed by atoms with Crippen LogP contribution in [-0.2, 0) is 6.18 Å². The highest BCUT2D eigenvalue weighted by atomic mass is 19.4. The van der Waals surface area contributed by atoms with Gasteiger partial charge in [0, 0.05) is 30.1 Å². The zero-order valence-electron chi connectivity index (χ0n) is 16.3. The molecule has 8 heteroatoms. The van der Waals surface area contributed by atoms with Crippen molar-refractivity contribution in [1.29, 1.82) is 0 Å². The first-order valence-corrected chi connectivity index (χ1v) is 9.68. The number of aryl methyl sites for hydroxylation is 1. The van der Waals surface area contributed by atoms with Crippen LogP contribution in [0.5, 0.6) is 0 Å². The van der Waals surface area contributed by atoms with Crippen LogP contribution in [0.3, 0.4) is 0 Å². The molecule has 2 heterocycles. The van der Waals surface area contributed by atoms with Crippen LogP contribution < -0.4 is 0 Å². The summed E-state index contributed by atoms with van der Waals surface area (Å²) in [6.07, 6.45) is -3.25. The molecule has 3 aromatic rings. The summed E-state index contributed by atoms with van der Waals surface area (Å²) in [4.78, 5) is 18.7. The number of halogens is 3. The van der Waals surface area contributed by atoms with Gasteiger partial charge in [-0.15, -0.1) is 0 Å². The van der Waals surface area contributed by atoms with Crippen LogP contribution in [0.2, 0.25) is 0 Å². The average Bonchev–Trinajstić information content (AvgIpc) is 3.24. The summed E-state index contributed by atoms with van der Waals surface area (Å²) >= 11 is 0. The van der Waals surface area contributed by atoms with E-state index in [1.165, 1.54) is 12.1 Å². The summed E-state index contributed by atoms with van der Waals surface area (Å²) in [5, 5.41) is 4.05. The Morgan fingerprint density at radius 1 is 1.10 bits per heavy atom. The first kappa shape index (κ1) is 20.1. The van der Waals surface area contributed by atoms with Crippen molar-refractivity contribution in [2.24, 2.45) is 0 Å². The van der Waals surface area contributed by atoms with Crippen LogP contribution >= 0.6 is 0 Å². The van der Waals surface area contributed by atoms with Gasteiger partial charge in [0.05, 0.1) is 5.56 Å². The van der Waals surface area contributed by atoms with Crippen LogP contribution in [0.25, 0.3) is 11.4 Å². The number of carbonyl (C=O) groups is 1. The topological polar surface area (TPSA) is 59.2 Å². The van der Waals surface area contributed by atoms with E-state index in [1.807, 2.05) is 31.2 Å². The summed E-state index contributed by atoms with van der Waals surface area (Å²) in [5.41, 5.74) is 1.23. The van der Waals surface area contributed by atoms with Crippen LogP contribution in [0.1, 0.15) is 46.1 Å².